The number of nitrogens with zero attached hydrogens (tertiary/aromatic N) is 3. The summed E-state index contributed by atoms with van der Waals surface area (Å²) in [5.74, 6) is -0.000527. The first-order chi connectivity index (χ1) is 11.2. The molecule has 0 bridgehead atoms. The van der Waals surface area contributed by atoms with Crippen molar-refractivity contribution >= 4 is 5.91 Å². The van der Waals surface area contributed by atoms with Gasteiger partial charge in [-0.05, 0) is 18.6 Å². The lowest BCUT2D eigenvalue weighted by Crippen LogP contribution is -2.37. The molecule has 0 unspecified atom stereocenters. The highest BCUT2D eigenvalue weighted by atomic mass is 16.5. The second kappa shape index (κ2) is 7.15. The molecule has 7 heteroatoms. The number of rotatable bonds is 3. The van der Waals surface area contributed by atoms with E-state index in [1.54, 1.807) is 29.3 Å². The highest BCUT2D eigenvalue weighted by Gasteiger charge is 2.24. The van der Waals surface area contributed by atoms with E-state index in [-0.39, 0.29) is 17.4 Å². The second-order valence-electron chi connectivity index (χ2n) is 5.51. The van der Waals surface area contributed by atoms with Crippen molar-refractivity contribution in [2.24, 2.45) is 5.92 Å². The summed E-state index contributed by atoms with van der Waals surface area (Å²) in [5, 5.41) is 0. The maximum absolute atomic E-state index is 12.5. The van der Waals surface area contributed by atoms with Crippen molar-refractivity contribution < 1.29 is 9.53 Å². The summed E-state index contributed by atoms with van der Waals surface area (Å²) in [4.78, 5) is 36.4. The number of H-pyrrole nitrogens is 1. The van der Waals surface area contributed by atoms with Crippen LogP contribution in [0, 0.1) is 5.92 Å². The molecule has 120 valence electrons. The molecule has 2 aromatic heterocycles. The summed E-state index contributed by atoms with van der Waals surface area (Å²) in [5.41, 5.74) is 0.961. The van der Waals surface area contributed by atoms with E-state index in [0.717, 1.165) is 0 Å². The molecule has 0 saturated carbocycles. The molecule has 23 heavy (non-hydrogen) atoms. The van der Waals surface area contributed by atoms with Gasteiger partial charge < -0.3 is 14.6 Å². The number of hydrogen-bond acceptors (Lipinski definition) is 5. The van der Waals surface area contributed by atoms with Crippen LogP contribution in [-0.4, -0.2) is 52.1 Å². The molecule has 0 aromatic carbocycles. The molecule has 1 saturated heterocycles. The number of carbonyl (C=O) groups excluding carboxylic acids is 1. The SMILES string of the molecule is O=C(c1ccccn1)N1CCOC[C@@H](Cc2cc(=O)[nH]cn2)C1. The maximum Gasteiger partial charge on any atom is 0.272 e. The van der Waals surface area contributed by atoms with Crippen molar-refractivity contribution in [2.45, 2.75) is 6.42 Å². The highest BCUT2D eigenvalue weighted by Crippen LogP contribution is 2.14. The molecule has 3 heterocycles. The van der Waals surface area contributed by atoms with Gasteiger partial charge in [0.15, 0.2) is 0 Å². The summed E-state index contributed by atoms with van der Waals surface area (Å²) in [6, 6.07) is 6.77. The minimum absolute atomic E-state index is 0.0967. The number of ether oxygens (including phenoxy) is 1. The summed E-state index contributed by atoms with van der Waals surface area (Å²) < 4.78 is 5.60. The third-order valence-electron chi connectivity index (χ3n) is 3.74. The van der Waals surface area contributed by atoms with Gasteiger partial charge in [-0.2, -0.15) is 0 Å². The van der Waals surface area contributed by atoms with E-state index in [9.17, 15) is 9.59 Å². The Morgan fingerprint density at radius 1 is 1.39 bits per heavy atom. The number of amides is 1. The van der Waals surface area contributed by atoms with Crippen molar-refractivity contribution in [1.82, 2.24) is 19.9 Å². The van der Waals surface area contributed by atoms with Crippen LogP contribution in [0.25, 0.3) is 0 Å². The van der Waals surface area contributed by atoms with Gasteiger partial charge in [-0.15, -0.1) is 0 Å². The zero-order chi connectivity index (χ0) is 16.1. The highest BCUT2D eigenvalue weighted by molar-refractivity contribution is 5.92. The zero-order valence-electron chi connectivity index (χ0n) is 12.6. The lowest BCUT2D eigenvalue weighted by Gasteiger charge is -2.23. The molecule has 0 aliphatic carbocycles. The average molecular weight is 314 g/mol. The summed E-state index contributed by atoms with van der Waals surface area (Å²) in [6.07, 6.45) is 3.60. The number of nitrogens with one attached hydrogen (secondary N) is 1. The maximum atomic E-state index is 12.5. The number of carbonyl (C=O) groups is 1. The van der Waals surface area contributed by atoms with Crippen LogP contribution in [0.4, 0.5) is 0 Å². The van der Waals surface area contributed by atoms with Gasteiger partial charge >= 0.3 is 0 Å². The summed E-state index contributed by atoms with van der Waals surface area (Å²) in [7, 11) is 0. The predicted octanol–water partition coefficient (Wildman–Crippen LogP) is 0.496. The molecule has 2 aromatic rings. The third kappa shape index (κ3) is 4.01. The van der Waals surface area contributed by atoms with Gasteiger partial charge in [0.05, 0.1) is 19.5 Å². The predicted molar refractivity (Wildman–Crippen MR) is 83.0 cm³/mol. The summed E-state index contributed by atoms with van der Waals surface area (Å²) in [6.45, 7) is 2.14. The smallest absolute Gasteiger partial charge is 0.272 e. The van der Waals surface area contributed by atoms with E-state index in [1.165, 1.54) is 12.4 Å². The van der Waals surface area contributed by atoms with Gasteiger partial charge in [-0.1, -0.05) is 6.07 Å². The Morgan fingerprint density at radius 2 is 2.30 bits per heavy atom. The fraction of sp³-hybridized carbons (Fsp3) is 0.375. The number of hydrogen-bond donors (Lipinski definition) is 1. The molecule has 1 aliphatic heterocycles. The van der Waals surface area contributed by atoms with Crippen molar-refractivity contribution in [1.29, 1.82) is 0 Å². The Bertz CT molecular complexity index is 717. The van der Waals surface area contributed by atoms with E-state index >= 15 is 0 Å². The Balaban J connectivity index is 1.71. The molecular weight excluding hydrogens is 296 g/mol. The first kappa shape index (κ1) is 15.4. The lowest BCUT2D eigenvalue weighted by molar-refractivity contribution is 0.0731. The van der Waals surface area contributed by atoms with Crippen molar-refractivity contribution in [3.05, 3.63) is 58.5 Å². The standard InChI is InChI=1S/C16H18N4O3/c21-15-8-13(18-11-19-15)7-12-9-20(5-6-23-10-12)16(22)14-3-1-2-4-17-14/h1-4,8,11-12H,5-7,9-10H2,(H,18,19,21)/t12-/m0/s1. The molecule has 1 aliphatic rings. The first-order valence-corrected chi connectivity index (χ1v) is 7.54. The van der Waals surface area contributed by atoms with Crippen LogP contribution in [0.15, 0.2) is 41.6 Å². The summed E-state index contributed by atoms with van der Waals surface area (Å²) >= 11 is 0. The molecule has 0 radical (unpaired) electrons. The van der Waals surface area contributed by atoms with Gasteiger partial charge in [-0.3, -0.25) is 14.6 Å². The average Bonchev–Trinajstić information content (AvgIpc) is 2.80. The van der Waals surface area contributed by atoms with Gasteiger partial charge in [0.2, 0.25) is 0 Å². The molecule has 1 amide bonds. The number of aromatic nitrogens is 3. The number of aromatic amines is 1. The van der Waals surface area contributed by atoms with E-state index in [1.807, 2.05) is 0 Å². The first-order valence-electron chi connectivity index (χ1n) is 7.54. The number of pyridine rings is 1. The van der Waals surface area contributed by atoms with E-state index in [4.69, 9.17) is 4.74 Å². The molecular formula is C16H18N4O3. The van der Waals surface area contributed by atoms with Crippen molar-refractivity contribution in [2.75, 3.05) is 26.3 Å². The third-order valence-corrected chi connectivity index (χ3v) is 3.74. The molecule has 1 N–H and O–H groups in total. The van der Waals surface area contributed by atoms with Crippen molar-refractivity contribution in [3.8, 4) is 0 Å². The fourth-order valence-corrected chi connectivity index (χ4v) is 2.66. The van der Waals surface area contributed by atoms with E-state index in [0.29, 0.717) is 44.1 Å². The van der Waals surface area contributed by atoms with Gasteiger partial charge in [-0.25, -0.2) is 4.98 Å². The van der Waals surface area contributed by atoms with Crippen LogP contribution in [-0.2, 0) is 11.2 Å². The Morgan fingerprint density at radius 3 is 3.09 bits per heavy atom. The topological polar surface area (TPSA) is 88.2 Å². The Kier molecular flexibility index (Phi) is 4.77. The van der Waals surface area contributed by atoms with Gasteiger partial charge in [0, 0.05) is 37.0 Å². The van der Waals surface area contributed by atoms with Crippen LogP contribution in [0.2, 0.25) is 0 Å². The zero-order valence-corrected chi connectivity index (χ0v) is 12.6. The Hall–Kier alpha value is -2.54. The fourth-order valence-electron chi connectivity index (χ4n) is 2.66. The second-order valence-corrected chi connectivity index (χ2v) is 5.51. The molecule has 1 fully saturated rings. The largest absolute Gasteiger partial charge is 0.379 e. The minimum atomic E-state index is -0.175. The molecule has 7 nitrogen and oxygen atoms in total. The van der Waals surface area contributed by atoms with Crippen LogP contribution < -0.4 is 5.56 Å². The van der Waals surface area contributed by atoms with Gasteiger partial charge in [0.1, 0.15) is 5.69 Å². The van der Waals surface area contributed by atoms with Crippen LogP contribution in [0.1, 0.15) is 16.2 Å². The molecule has 1 atom stereocenters. The van der Waals surface area contributed by atoms with E-state index < -0.39 is 0 Å². The normalized spacial score (nSPS) is 18.4. The van der Waals surface area contributed by atoms with Crippen molar-refractivity contribution in [3.63, 3.8) is 0 Å². The molecule has 3 rings (SSSR count). The van der Waals surface area contributed by atoms with Crippen LogP contribution >= 0.6 is 0 Å². The Labute approximate surface area is 133 Å². The van der Waals surface area contributed by atoms with E-state index in [2.05, 4.69) is 15.0 Å². The van der Waals surface area contributed by atoms with Gasteiger partial charge in [0.25, 0.3) is 11.5 Å². The quantitative estimate of drug-likeness (QED) is 0.891. The van der Waals surface area contributed by atoms with Crippen LogP contribution in [0.5, 0.6) is 0 Å². The molecule has 0 spiro atoms. The van der Waals surface area contributed by atoms with Crippen LogP contribution in [0.3, 0.4) is 0 Å². The lowest BCUT2D eigenvalue weighted by atomic mass is 10.0. The monoisotopic (exact) mass is 314 g/mol. The minimum Gasteiger partial charge on any atom is -0.379 e.